The van der Waals surface area contributed by atoms with Crippen LogP contribution < -0.4 is 0 Å². The van der Waals surface area contributed by atoms with Crippen LogP contribution in [0.2, 0.25) is 0 Å². The van der Waals surface area contributed by atoms with Crippen LogP contribution in [-0.2, 0) is 23.1 Å². The molecule has 0 fully saturated rings. The molecule has 134 valence electrons. The molecule has 5 nitrogen and oxygen atoms in total. The topological polar surface area (TPSA) is 51.5 Å². The zero-order chi connectivity index (χ0) is 18.7. The Balaban J connectivity index is 1.63. The Labute approximate surface area is 152 Å². The van der Waals surface area contributed by atoms with Crippen molar-refractivity contribution in [2.24, 2.45) is 7.05 Å². The van der Waals surface area contributed by atoms with Gasteiger partial charge in [0, 0.05) is 37.7 Å². The third kappa shape index (κ3) is 3.61. The summed E-state index contributed by atoms with van der Waals surface area (Å²) in [5, 5.41) is 0.820. The predicted octanol–water partition coefficient (Wildman–Crippen LogP) is 3.30. The van der Waals surface area contributed by atoms with Crippen molar-refractivity contribution in [1.29, 1.82) is 0 Å². The molecule has 1 heterocycles. The van der Waals surface area contributed by atoms with Gasteiger partial charge >= 0.3 is 5.97 Å². The van der Waals surface area contributed by atoms with E-state index in [2.05, 4.69) is 0 Å². The number of likely N-dealkylation sites (N-methyl/N-ethyl adjacent to an activating group) is 1. The summed E-state index contributed by atoms with van der Waals surface area (Å²) < 4.78 is 7.13. The van der Waals surface area contributed by atoms with Crippen LogP contribution in [0.4, 0.5) is 0 Å². The van der Waals surface area contributed by atoms with E-state index in [1.165, 1.54) is 0 Å². The third-order valence-corrected chi connectivity index (χ3v) is 4.54. The number of rotatable bonds is 5. The molecule has 2 aromatic carbocycles. The largest absolute Gasteiger partial charge is 0.452 e. The summed E-state index contributed by atoms with van der Waals surface area (Å²) >= 11 is 0. The van der Waals surface area contributed by atoms with Crippen LogP contribution in [0.5, 0.6) is 0 Å². The van der Waals surface area contributed by atoms with Gasteiger partial charge in [-0.1, -0.05) is 42.5 Å². The fourth-order valence-electron chi connectivity index (χ4n) is 2.95. The number of fused-ring (bicyclic) bond motifs is 1. The molecule has 0 N–H and O–H groups in total. The second kappa shape index (κ2) is 7.44. The summed E-state index contributed by atoms with van der Waals surface area (Å²) in [7, 11) is 3.58. The van der Waals surface area contributed by atoms with Crippen molar-refractivity contribution < 1.29 is 14.3 Å². The minimum absolute atomic E-state index is 0.234. The lowest BCUT2D eigenvalue weighted by atomic mass is 10.1. The molecule has 0 saturated carbocycles. The first kappa shape index (κ1) is 17.7. The van der Waals surface area contributed by atoms with E-state index in [9.17, 15) is 9.59 Å². The Hall–Kier alpha value is -3.08. The van der Waals surface area contributed by atoms with Crippen LogP contribution in [-0.4, -0.2) is 35.0 Å². The van der Waals surface area contributed by atoms with Gasteiger partial charge in [-0.05, 0) is 24.1 Å². The number of hydrogen-bond acceptors (Lipinski definition) is 3. The quantitative estimate of drug-likeness (QED) is 0.664. The van der Waals surface area contributed by atoms with E-state index in [0.717, 1.165) is 22.0 Å². The van der Waals surface area contributed by atoms with Gasteiger partial charge < -0.3 is 14.2 Å². The molecule has 1 aromatic heterocycles. The summed E-state index contributed by atoms with van der Waals surface area (Å²) in [6.45, 7) is 2.22. The van der Waals surface area contributed by atoms with Crippen molar-refractivity contribution in [1.82, 2.24) is 9.47 Å². The molecule has 5 heteroatoms. The standard InChI is InChI=1S/C21H22N2O3/c1-15-8-4-5-9-16(15)12-23(3)20(24)14-26-21(25)18-13-22(2)19-11-7-6-10-17(18)19/h4-11,13H,12,14H2,1-3H3. The van der Waals surface area contributed by atoms with Crippen molar-refractivity contribution >= 4 is 22.8 Å². The third-order valence-electron chi connectivity index (χ3n) is 4.54. The van der Waals surface area contributed by atoms with Gasteiger partial charge in [0.25, 0.3) is 5.91 Å². The van der Waals surface area contributed by atoms with Crippen LogP contribution >= 0.6 is 0 Å². The molecular weight excluding hydrogens is 328 g/mol. The highest BCUT2D eigenvalue weighted by Gasteiger charge is 2.18. The molecule has 3 rings (SSSR count). The van der Waals surface area contributed by atoms with Gasteiger partial charge in [-0.15, -0.1) is 0 Å². The molecule has 0 aliphatic heterocycles. The van der Waals surface area contributed by atoms with Gasteiger partial charge in [0.15, 0.2) is 6.61 Å². The first-order valence-corrected chi connectivity index (χ1v) is 8.47. The molecule has 0 saturated heterocycles. The van der Waals surface area contributed by atoms with Crippen LogP contribution in [0.15, 0.2) is 54.7 Å². The maximum absolute atomic E-state index is 12.4. The van der Waals surface area contributed by atoms with Crippen molar-refractivity contribution in [3.63, 3.8) is 0 Å². The van der Waals surface area contributed by atoms with E-state index in [1.807, 2.05) is 67.1 Å². The number of aryl methyl sites for hydroxylation is 2. The molecule has 26 heavy (non-hydrogen) atoms. The van der Waals surface area contributed by atoms with E-state index < -0.39 is 5.97 Å². The molecule has 1 amide bonds. The Kier molecular flexibility index (Phi) is 5.07. The summed E-state index contributed by atoms with van der Waals surface area (Å²) in [5.41, 5.74) is 3.61. The fourth-order valence-corrected chi connectivity index (χ4v) is 2.95. The maximum Gasteiger partial charge on any atom is 0.340 e. The van der Waals surface area contributed by atoms with Crippen molar-refractivity contribution in [3.05, 3.63) is 71.4 Å². The van der Waals surface area contributed by atoms with E-state index in [4.69, 9.17) is 4.74 Å². The molecule has 0 unspecified atom stereocenters. The lowest BCUT2D eigenvalue weighted by Crippen LogP contribution is -2.31. The number of esters is 1. The minimum Gasteiger partial charge on any atom is -0.452 e. The fraction of sp³-hybridized carbons (Fsp3) is 0.238. The molecule has 0 aliphatic rings. The number of para-hydroxylation sites is 1. The van der Waals surface area contributed by atoms with Crippen molar-refractivity contribution in [3.8, 4) is 0 Å². The second-order valence-corrected chi connectivity index (χ2v) is 6.42. The monoisotopic (exact) mass is 350 g/mol. The van der Waals surface area contributed by atoms with E-state index in [0.29, 0.717) is 12.1 Å². The Bertz CT molecular complexity index is 959. The first-order chi connectivity index (χ1) is 12.5. The van der Waals surface area contributed by atoms with Crippen molar-refractivity contribution in [2.45, 2.75) is 13.5 Å². The molecule has 0 atom stereocenters. The van der Waals surface area contributed by atoms with Crippen LogP contribution in [0.1, 0.15) is 21.5 Å². The Morgan fingerprint density at radius 1 is 1.08 bits per heavy atom. The van der Waals surface area contributed by atoms with E-state index in [1.54, 1.807) is 18.1 Å². The average Bonchev–Trinajstić information content (AvgIpc) is 2.98. The number of carbonyl (C=O) groups excluding carboxylic acids is 2. The number of amides is 1. The summed E-state index contributed by atoms with van der Waals surface area (Å²) in [6, 6.07) is 15.5. The average molecular weight is 350 g/mol. The summed E-state index contributed by atoms with van der Waals surface area (Å²) in [6.07, 6.45) is 1.73. The zero-order valence-corrected chi connectivity index (χ0v) is 15.2. The van der Waals surface area contributed by atoms with Gasteiger partial charge in [0.05, 0.1) is 5.56 Å². The maximum atomic E-state index is 12.4. The van der Waals surface area contributed by atoms with Gasteiger partial charge in [-0.25, -0.2) is 4.79 Å². The molecule has 0 spiro atoms. The molecule has 3 aromatic rings. The van der Waals surface area contributed by atoms with Crippen LogP contribution in [0.25, 0.3) is 10.9 Å². The number of aromatic nitrogens is 1. The zero-order valence-electron chi connectivity index (χ0n) is 15.2. The van der Waals surface area contributed by atoms with E-state index in [-0.39, 0.29) is 12.5 Å². The molecule has 0 radical (unpaired) electrons. The highest BCUT2D eigenvalue weighted by atomic mass is 16.5. The van der Waals surface area contributed by atoms with Gasteiger partial charge in [-0.2, -0.15) is 0 Å². The number of carbonyl (C=O) groups is 2. The number of ether oxygens (including phenoxy) is 1. The lowest BCUT2D eigenvalue weighted by molar-refractivity contribution is -0.133. The normalized spacial score (nSPS) is 10.7. The van der Waals surface area contributed by atoms with Gasteiger partial charge in [0.1, 0.15) is 0 Å². The molecule has 0 bridgehead atoms. The second-order valence-electron chi connectivity index (χ2n) is 6.42. The van der Waals surface area contributed by atoms with Crippen LogP contribution in [0.3, 0.4) is 0 Å². The number of benzene rings is 2. The SMILES string of the molecule is Cc1ccccc1CN(C)C(=O)COC(=O)c1cn(C)c2ccccc12. The summed E-state index contributed by atoms with van der Waals surface area (Å²) in [5.74, 6) is -0.721. The van der Waals surface area contributed by atoms with E-state index >= 15 is 0 Å². The first-order valence-electron chi connectivity index (χ1n) is 8.47. The van der Waals surface area contributed by atoms with Crippen LogP contribution in [0, 0.1) is 6.92 Å². The van der Waals surface area contributed by atoms with Crippen molar-refractivity contribution in [2.75, 3.05) is 13.7 Å². The Morgan fingerprint density at radius 3 is 2.54 bits per heavy atom. The predicted molar refractivity (Wildman–Crippen MR) is 101 cm³/mol. The smallest absolute Gasteiger partial charge is 0.340 e. The number of nitrogens with zero attached hydrogens (tertiary/aromatic N) is 2. The number of hydrogen-bond donors (Lipinski definition) is 0. The van der Waals surface area contributed by atoms with Gasteiger partial charge in [0.2, 0.25) is 0 Å². The minimum atomic E-state index is -0.487. The molecular formula is C21H22N2O3. The molecule has 0 aliphatic carbocycles. The highest BCUT2D eigenvalue weighted by molar-refractivity contribution is 6.04. The van der Waals surface area contributed by atoms with Gasteiger partial charge in [-0.3, -0.25) is 4.79 Å². The lowest BCUT2D eigenvalue weighted by Gasteiger charge is -2.18. The Morgan fingerprint density at radius 2 is 1.77 bits per heavy atom. The summed E-state index contributed by atoms with van der Waals surface area (Å²) in [4.78, 5) is 26.3. The highest BCUT2D eigenvalue weighted by Crippen LogP contribution is 2.21.